The van der Waals surface area contributed by atoms with Crippen molar-refractivity contribution in [2.45, 2.75) is 55.2 Å². The molecule has 3 saturated carbocycles. The smallest absolute Gasteiger partial charge is 0.203 e. The molecule has 0 saturated heterocycles. The van der Waals surface area contributed by atoms with E-state index < -0.39 is 0 Å². The fraction of sp³-hybridized carbons (Fsp3) is 0.429. The van der Waals surface area contributed by atoms with E-state index in [1.54, 1.807) is 0 Å². The van der Waals surface area contributed by atoms with Gasteiger partial charge in [0.25, 0.3) is 0 Å². The number of fused-ring (bicyclic) bond motifs is 4. The first-order valence-corrected chi connectivity index (χ1v) is 10.6. The third-order valence-electron chi connectivity index (χ3n) is 6.47. The summed E-state index contributed by atoms with van der Waals surface area (Å²) >= 11 is 10.2. The molecule has 0 unspecified atom stereocenters. The number of aromatic nitrogens is 3. The van der Waals surface area contributed by atoms with E-state index in [0.29, 0.717) is 15.1 Å². The fourth-order valence-corrected chi connectivity index (χ4v) is 5.39. The molecule has 2 bridgehead atoms. The maximum Gasteiger partial charge on any atom is 0.203 e. The van der Waals surface area contributed by atoms with Crippen LogP contribution < -0.4 is 4.74 Å². The van der Waals surface area contributed by atoms with E-state index >= 15 is 0 Å². The molecule has 3 aromatic rings. The van der Waals surface area contributed by atoms with Crippen molar-refractivity contribution < 1.29 is 4.74 Å². The maximum atomic E-state index is 6.24. The minimum atomic E-state index is 0.138. The second-order valence-corrected chi connectivity index (χ2v) is 10.1. The second kappa shape index (κ2) is 6.21. The van der Waals surface area contributed by atoms with Crippen LogP contribution in [0.5, 0.6) is 11.5 Å². The number of nitrogens with zero attached hydrogens (tertiary/aromatic N) is 3. The van der Waals surface area contributed by atoms with Gasteiger partial charge in [0, 0.05) is 26.5 Å². The Labute approximate surface area is 172 Å². The quantitative estimate of drug-likeness (QED) is 0.448. The van der Waals surface area contributed by atoms with Crippen LogP contribution in [0.25, 0.3) is 5.65 Å². The molecule has 0 aliphatic heterocycles. The molecular weight excluding hydrogens is 426 g/mol. The summed E-state index contributed by atoms with van der Waals surface area (Å²) in [6.07, 6.45) is 9.17. The minimum absolute atomic E-state index is 0.138. The Kier molecular flexibility index (Phi) is 4.03. The summed E-state index contributed by atoms with van der Waals surface area (Å²) in [4.78, 5) is 0. The highest BCUT2D eigenvalue weighted by Gasteiger charge is 2.50. The molecule has 140 valence electrons. The van der Waals surface area contributed by atoms with E-state index in [-0.39, 0.29) is 5.41 Å². The molecule has 2 aromatic heterocycles. The van der Waals surface area contributed by atoms with E-state index in [9.17, 15) is 0 Å². The lowest BCUT2D eigenvalue weighted by molar-refractivity contribution is 0.153. The molecule has 0 amide bonds. The van der Waals surface area contributed by atoms with Gasteiger partial charge in [-0.2, -0.15) is 0 Å². The largest absolute Gasteiger partial charge is 0.453 e. The molecule has 1 aromatic carbocycles. The molecule has 0 spiro atoms. The molecule has 3 aliphatic carbocycles. The van der Waals surface area contributed by atoms with Crippen LogP contribution in [-0.4, -0.2) is 18.9 Å². The number of benzene rings is 1. The molecule has 0 N–H and O–H groups in total. The summed E-state index contributed by atoms with van der Waals surface area (Å²) in [6.45, 7) is 1.96. The van der Waals surface area contributed by atoms with Crippen molar-refractivity contribution in [2.24, 2.45) is 0 Å². The van der Waals surface area contributed by atoms with E-state index in [1.807, 2.05) is 37.3 Å². The van der Waals surface area contributed by atoms with Crippen molar-refractivity contribution in [3.05, 3.63) is 52.9 Å². The molecule has 27 heavy (non-hydrogen) atoms. The van der Waals surface area contributed by atoms with Crippen LogP contribution in [-0.2, 0) is 5.41 Å². The van der Waals surface area contributed by atoms with Gasteiger partial charge < -0.3 is 4.74 Å². The number of ether oxygens (including phenoxy) is 1. The van der Waals surface area contributed by atoms with Gasteiger partial charge in [0.05, 0.1) is 0 Å². The Balaban J connectivity index is 1.55. The molecule has 3 fully saturated rings. The van der Waals surface area contributed by atoms with E-state index in [2.05, 4.69) is 36.7 Å². The van der Waals surface area contributed by atoms with Gasteiger partial charge in [-0.15, -0.1) is 10.2 Å². The average molecular weight is 447 g/mol. The molecule has 6 heteroatoms. The molecular formula is C21H21BrClN3O. The third-order valence-corrected chi connectivity index (χ3v) is 8.06. The number of pyridine rings is 1. The number of halogens is 2. The SMILES string of the molecule is Cc1c(Cl)cccc1Oc1cccn2c(C34CCC(Br)(CC3)CC4)nnc12. The Bertz CT molecular complexity index is 1010. The number of alkyl halides is 1. The van der Waals surface area contributed by atoms with Crippen molar-refractivity contribution in [1.29, 1.82) is 0 Å². The van der Waals surface area contributed by atoms with Crippen LogP contribution in [0.2, 0.25) is 5.02 Å². The maximum absolute atomic E-state index is 6.24. The summed E-state index contributed by atoms with van der Waals surface area (Å²) < 4.78 is 8.66. The lowest BCUT2D eigenvalue weighted by Gasteiger charge is -2.49. The summed E-state index contributed by atoms with van der Waals surface area (Å²) in [5, 5.41) is 9.85. The zero-order valence-electron chi connectivity index (χ0n) is 15.2. The average Bonchev–Trinajstić information content (AvgIpc) is 3.12. The summed E-state index contributed by atoms with van der Waals surface area (Å²) in [5.74, 6) is 2.54. The molecule has 0 radical (unpaired) electrons. The minimum Gasteiger partial charge on any atom is -0.453 e. The van der Waals surface area contributed by atoms with E-state index in [0.717, 1.165) is 42.0 Å². The Morgan fingerprint density at radius 2 is 1.70 bits per heavy atom. The van der Waals surface area contributed by atoms with Gasteiger partial charge in [0.2, 0.25) is 5.65 Å². The van der Waals surface area contributed by atoms with Crippen LogP contribution in [0.1, 0.15) is 49.9 Å². The highest BCUT2D eigenvalue weighted by molar-refractivity contribution is 9.10. The van der Waals surface area contributed by atoms with Gasteiger partial charge in [-0.1, -0.05) is 33.6 Å². The Hall–Kier alpha value is -1.59. The van der Waals surface area contributed by atoms with Crippen LogP contribution in [0.3, 0.4) is 0 Å². The molecule has 6 rings (SSSR count). The van der Waals surface area contributed by atoms with Crippen LogP contribution >= 0.6 is 27.5 Å². The number of hydrogen-bond donors (Lipinski definition) is 0. The lowest BCUT2D eigenvalue weighted by Crippen LogP contribution is -2.45. The first kappa shape index (κ1) is 17.5. The van der Waals surface area contributed by atoms with Crippen LogP contribution in [0, 0.1) is 6.92 Å². The Morgan fingerprint density at radius 1 is 1.00 bits per heavy atom. The first-order valence-electron chi connectivity index (χ1n) is 9.46. The third kappa shape index (κ3) is 2.78. The summed E-state index contributed by atoms with van der Waals surface area (Å²) in [7, 11) is 0. The highest BCUT2D eigenvalue weighted by Crippen LogP contribution is 2.56. The van der Waals surface area contributed by atoms with Gasteiger partial charge in [0.15, 0.2) is 5.75 Å². The fourth-order valence-electron chi connectivity index (χ4n) is 4.62. The van der Waals surface area contributed by atoms with Gasteiger partial charge in [-0.25, -0.2) is 0 Å². The van der Waals surface area contributed by atoms with Crippen molar-refractivity contribution in [1.82, 2.24) is 14.6 Å². The zero-order valence-corrected chi connectivity index (χ0v) is 17.6. The predicted molar refractivity (Wildman–Crippen MR) is 110 cm³/mol. The van der Waals surface area contributed by atoms with Gasteiger partial charge in [0.1, 0.15) is 11.6 Å². The van der Waals surface area contributed by atoms with E-state index in [4.69, 9.17) is 16.3 Å². The lowest BCUT2D eigenvalue weighted by atomic mass is 9.60. The van der Waals surface area contributed by atoms with Crippen LogP contribution in [0.15, 0.2) is 36.5 Å². The monoisotopic (exact) mass is 445 g/mol. The Morgan fingerprint density at radius 3 is 2.44 bits per heavy atom. The zero-order chi connectivity index (χ0) is 18.6. The predicted octanol–water partition coefficient (Wildman–Crippen LogP) is 6.22. The van der Waals surface area contributed by atoms with Gasteiger partial charge >= 0.3 is 0 Å². The van der Waals surface area contributed by atoms with Crippen molar-refractivity contribution in [3.8, 4) is 11.5 Å². The molecule has 4 nitrogen and oxygen atoms in total. The molecule has 2 heterocycles. The van der Waals surface area contributed by atoms with Crippen molar-refractivity contribution in [3.63, 3.8) is 0 Å². The summed E-state index contributed by atoms with van der Waals surface area (Å²) in [5.41, 5.74) is 1.83. The van der Waals surface area contributed by atoms with Crippen molar-refractivity contribution in [2.75, 3.05) is 0 Å². The molecule has 0 atom stereocenters. The topological polar surface area (TPSA) is 39.4 Å². The number of hydrogen-bond acceptors (Lipinski definition) is 3. The highest BCUT2D eigenvalue weighted by atomic mass is 79.9. The van der Waals surface area contributed by atoms with Gasteiger partial charge in [-0.3, -0.25) is 4.40 Å². The van der Waals surface area contributed by atoms with Crippen LogP contribution in [0.4, 0.5) is 0 Å². The normalized spacial score (nSPS) is 27.2. The number of rotatable bonds is 3. The van der Waals surface area contributed by atoms with E-state index in [1.165, 1.54) is 19.3 Å². The van der Waals surface area contributed by atoms with Gasteiger partial charge in [-0.05, 0) is 69.7 Å². The summed E-state index contributed by atoms with van der Waals surface area (Å²) in [6, 6.07) is 9.64. The van der Waals surface area contributed by atoms with Crippen molar-refractivity contribution >= 4 is 33.2 Å². The first-order chi connectivity index (χ1) is 13.0. The standard InChI is InChI=1S/C21H21BrClN3O/c1-14-15(23)4-2-5-16(14)27-17-6-3-13-26-18(17)24-25-19(26)20-7-10-21(22,11-8-20)12-9-20/h2-6,13H,7-12H2,1H3. The second-order valence-electron chi connectivity index (χ2n) is 7.99. The molecule has 3 aliphatic rings.